The molecule has 1 aliphatic rings. The minimum atomic E-state index is -0.584. The minimum Gasteiger partial charge on any atom is -0.386 e. The number of esters is 2. The van der Waals surface area contributed by atoms with Gasteiger partial charge >= 0.3 is 11.9 Å². The molecule has 2 heterocycles. The summed E-state index contributed by atoms with van der Waals surface area (Å²) in [5.41, 5.74) is 1.19. The smallest absolute Gasteiger partial charge is 0.346 e. The molecule has 0 unspecified atom stereocenters. The summed E-state index contributed by atoms with van der Waals surface area (Å²) >= 11 is 1.61. The van der Waals surface area contributed by atoms with E-state index >= 15 is 0 Å². The molecule has 84 valence electrons. The van der Waals surface area contributed by atoms with Crippen molar-refractivity contribution in [1.29, 1.82) is 0 Å². The number of cyclic esters (lactones) is 2. The van der Waals surface area contributed by atoms with Crippen LogP contribution in [0.4, 0.5) is 0 Å². The van der Waals surface area contributed by atoms with Crippen molar-refractivity contribution in [3.05, 3.63) is 40.8 Å². The zero-order chi connectivity index (χ0) is 12.0. The first-order valence-corrected chi connectivity index (χ1v) is 5.95. The molecule has 0 radical (unpaired) electrons. The Balaban J connectivity index is 2.31. The summed E-state index contributed by atoms with van der Waals surface area (Å²) in [6.07, 6.45) is 1.27. The third-order valence-electron chi connectivity index (χ3n) is 2.72. The van der Waals surface area contributed by atoms with Gasteiger partial charge in [0.15, 0.2) is 0 Å². The van der Waals surface area contributed by atoms with Gasteiger partial charge in [-0.15, -0.1) is 11.3 Å². The Labute approximate surface area is 101 Å². The van der Waals surface area contributed by atoms with Crippen LogP contribution in [-0.4, -0.2) is 11.9 Å². The van der Waals surface area contributed by atoms with Crippen molar-refractivity contribution >= 4 is 38.9 Å². The first-order chi connectivity index (χ1) is 8.16. The zero-order valence-electron chi connectivity index (χ0n) is 9.02. The molecular formula is C13H8O3S. The normalized spacial score (nSPS) is 15.2. The summed E-state index contributed by atoms with van der Waals surface area (Å²) in [4.78, 5) is 23.7. The summed E-state index contributed by atoms with van der Waals surface area (Å²) in [5, 5.41) is 0.993. The van der Waals surface area contributed by atoms with Gasteiger partial charge in [0.1, 0.15) is 0 Å². The van der Waals surface area contributed by atoms with Gasteiger partial charge in [0.05, 0.1) is 5.57 Å². The number of carbonyl (C=O) groups excluding carboxylic acids is 2. The largest absolute Gasteiger partial charge is 0.386 e. The van der Waals surface area contributed by atoms with Crippen molar-refractivity contribution in [2.75, 3.05) is 0 Å². The van der Waals surface area contributed by atoms with Gasteiger partial charge in [-0.25, -0.2) is 9.59 Å². The van der Waals surface area contributed by atoms with Crippen LogP contribution in [0.15, 0.2) is 30.3 Å². The molecule has 4 heteroatoms. The second-order valence-electron chi connectivity index (χ2n) is 3.80. The Morgan fingerprint density at radius 3 is 2.65 bits per heavy atom. The van der Waals surface area contributed by atoms with Gasteiger partial charge in [-0.1, -0.05) is 18.2 Å². The van der Waals surface area contributed by atoms with Gasteiger partial charge in [0.2, 0.25) is 0 Å². The van der Waals surface area contributed by atoms with Gasteiger partial charge < -0.3 is 4.74 Å². The molecule has 0 fully saturated rings. The van der Waals surface area contributed by atoms with Crippen LogP contribution < -0.4 is 0 Å². The summed E-state index contributed by atoms with van der Waals surface area (Å²) in [6, 6.07) is 7.82. The second-order valence-corrected chi connectivity index (χ2v) is 5.05. The van der Waals surface area contributed by atoms with Crippen LogP contribution in [0.2, 0.25) is 0 Å². The highest BCUT2D eigenvalue weighted by Crippen LogP contribution is 2.37. The van der Waals surface area contributed by atoms with E-state index in [1.165, 1.54) is 6.08 Å². The highest BCUT2D eigenvalue weighted by molar-refractivity contribution is 7.19. The molecule has 0 atom stereocenters. The van der Waals surface area contributed by atoms with Crippen LogP contribution in [0.1, 0.15) is 10.4 Å². The SMILES string of the molecule is Cc1sc2ccccc2c1C1=CC(=O)OC1=O. The van der Waals surface area contributed by atoms with Gasteiger partial charge in [0, 0.05) is 26.6 Å². The zero-order valence-corrected chi connectivity index (χ0v) is 9.84. The molecule has 0 spiro atoms. The summed E-state index contributed by atoms with van der Waals surface area (Å²) in [7, 11) is 0. The number of rotatable bonds is 1. The standard InChI is InChI=1S/C13H8O3S/c1-7-12(9-6-11(14)16-13(9)15)8-4-2-3-5-10(8)17-7/h2-6H,1H3. The molecule has 1 aromatic heterocycles. The summed E-state index contributed by atoms with van der Waals surface area (Å²) in [6.45, 7) is 1.94. The molecule has 3 nitrogen and oxygen atoms in total. The monoisotopic (exact) mass is 244 g/mol. The lowest BCUT2D eigenvalue weighted by molar-refractivity contribution is -0.149. The Morgan fingerprint density at radius 2 is 1.94 bits per heavy atom. The van der Waals surface area contributed by atoms with Crippen LogP contribution in [0.3, 0.4) is 0 Å². The third-order valence-corrected chi connectivity index (χ3v) is 3.80. The van der Waals surface area contributed by atoms with E-state index in [9.17, 15) is 9.59 Å². The Morgan fingerprint density at radius 1 is 1.18 bits per heavy atom. The Kier molecular flexibility index (Phi) is 2.12. The predicted octanol–water partition coefficient (Wildman–Crippen LogP) is 2.68. The topological polar surface area (TPSA) is 43.4 Å². The van der Waals surface area contributed by atoms with Crippen LogP contribution in [-0.2, 0) is 14.3 Å². The molecule has 2 aromatic rings. The maximum Gasteiger partial charge on any atom is 0.346 e. The molecule has 3 rings (SSSR count). The van der Waals surface area contributed by atoms with E-state index in [1.807, 2.05) is 31.2 Å². The van der Waals surface area contributed by atoms with Crippen molar-refractivity contribution < 1.29 is 14.3 Å². The van der Waals surface area contributed by atoms with E-state index in [4.69, 9.17) is 0 Å². The van der Waals surface area contributed by atoms with E-state index in [0.717, 1.165) is 20.5 Å². The highest BCUT2D eigenvalue weighted by Gasteiger charge is 2.28. The molecule has 0 saturated heterocycles. The Hall–Kier alpha value is -1.94. The van der Waals surface area contributed by atoms with E-state index in [2.05, 4.69) is 4.74 Å². The summed E-state index contributed by atoms with van der Waals surface area (Å²) in [5.74, 6) is -1.14. The third kappa shape index (κ3) is 1.49. The van der Waals surface area contributed by atoms with Crippen molar-refractivity contribution in [1.82, 2.24) is 0 Å². The van der Waals surface area contributed by atoms with Gasteiger partial charge in [-0.05, 0) is 13.0 Å². The fourth-order valence-corrected chi connectivity index (χ4v) is 3.11. The number of hydrogen-bond acceptors (Lipinski definition) is 4. The van der Waals surface area contributed by atoms with E-state index in [1.54, 1.807) is 11.3 Å². The van der Waals surface area contributed by atoms with Gasteiger partial charge in [-0.3, -0.25) is 0 Å². The number of carbonyl (C=O) groups is 2. The maximum atomic E-state index is 11.6. The fourth-order valence-electron chi connectivity index (χ4n) is 2.03. The number of aryl methyl sites for hydroxylation is 1. The van der Waals surface area contributed by atoms with Crippen molar-refractivity contribution in [3.8, 4) is 0 Å². The molecule has 0 aliphatic carbocycles. The number of hydrogen-bond donors (Lipinski definition) is 0. The number of fused-ring (bicyclic) bond motifs is 1. The van der Waals surface area contributed by atoms with E-state index in [0.29, 0.717) is 5.57 Å². The lowest BCUT2D eigenvalue weighted by Crippen LogP contribution is -2.01. The quantitative estimate of drug-likeness (QED) is 0.572. The first kappa shape index (κ1) is 10.2. The number of thiophene rings is 1. The number of benzene rings is 1. The maximum absolute atomic E-state index is 11.6. The van der Waals surface area contributed by atoms with Gasteiger partial charge in [0.25, 0.3) is 0 Å². The van der Waals surface area contributed by atoms with Crippen molar-refractivity contribution in [3.63, 3.8) is 0 Å². The van der Waals surface area contributed by atoms with Crippen molar-refractivity contribution in [2.24, 2.45) is 0 Å². The van der Waals surface area contributed by atoms with E-state index < -0.39 is 11.9 Å². The number of ether oxygens (including phenoxy) is 1. The van der Waals surface area contributed by atoms with Crippen LogP contribution in [0.5, 0.6) is 0 Å². The Bertz CT molecular complexity index is 679. The van der Waals surface area contributed by atoms with Crippen molar-refractivity contribution in [2.45, 2.75) is 6.92 Å². The van der Waals surface area contributed by atoms with Crippen LogP contribution >= 0.6 is 11.3 Å². The molecule has 0 saturated carbocycles. The molecule has 0 amide bonds. The molecular weight excluding hydrogens is 236 g/mol. The lowest BCUT2D eigenvalue weighted by Gasteiger charge is -1.99. The summed E-state index contributed by atoms with van der Waals surface area (Å²) < 4.78 is 5.64. The molecule has 0 bridgehead atoms. The lowest BCUT2D eigenvalue weighted by atomic mass is 10.0. The average molecular weight is 244 g/mol. The predicted molar refractivity (Wildman–Crippen MR) is 65.6 cm³/mol. The molecule has 17 heavy (non-hydrogen) atoms. The van der Waals surface area contributed by atoms with E-state index in [-0.39, 0.29) is 0 Å². The first-order valence-electron chi connectivity index (χ1n) is 5.13. The van der Waals surface area contributed by atoms with Crippen LogP contribution in [0.25, 0.3) is 15.7 Å². The second kappa shape index (κ2) is 3.53. The minimum absolute atomic E-state index is 0.366. The molecule has 0 N–H and O–H groups in total. The fraction of sp³-hybridized carbons (Fsp3) is 0.0769. The molecule has 1 aliphatic heterocycles. The highest BCUT2D eigenvalue weighted by atomic mass is 32.1. The average Bonchev–Trinajstić information content (AvgIpc) is 2.77. The molecule has 1 aromatic carbocycles. The van der Waals surface area contributed by atoms with Gasteiger partial charge in [-0.2, -0.15) is 0 Å². The van der Waals surface area contributed by atoms with Crippen LogP contribution in [0, 0.1) is 6.92 Å².